The summed E-state index contributed by atoms with van der Waals surface area (Å²) in [6, 6.07) is 16.2. The molecular weight excluding hydrogens is 416 g/mol. The molecule has 2 aromatic rings. The lowest BCUT2D eigenvalue weighted by atomic mass is 9.99. The van der Waals surface area contributed by atoms with E-state index in [2.05, 4.69) is 38.1 Å². The zero-order valence-electron chi connectivity index (χ0n) is 18.1. The molecular formula is C24H30O4S2. The summed E-state index contributed by atoms with van der Waals surface area (Å²) >= 11 is 3.62. The normalized spacial score (nSPS) is 18.9. The quantitative estimate of drug-likeness (QED) is 0.444. The highest BCUT2D eigenvalue weighted by atomic mass is 32.2. The fraction of sp³-hybridized carbons (Fsp3) is 0.458. The van der Waals surface area contributed by atoms with Gasteiger partial charge in [0.15, 0.2) is 0 Å². The average molecular weight is 447 g/mol. The van der Waals surface area contributed by atoms with E-state index in [0.717, 1.165) is 35.2 Å². The van der Waals surface area contributed by atoms with Crippen molar-refractivity contribution < 1.29 is 19.0 Å². The van der Waals surface area contributed by atoms with E-state index in [9.17, 15) is 4.79 Å². The van der Waals surface area contributed by atoms with Crippen LogP contribution in [0.1, 0.15) is 31.4 Å². The van der Waals surface area contributed by atoms with Crippen molar-refractivity contribution in [3.8, 4) is 11.5 Å². The molecule has 0 spiro atoms. The summed E-state index contributed by atoms with van der Waals surface area (Å²) in [6.45, 7) is 4.35. The van der Waals surface area contributed by atoms with Gasteiger partial charge in [-0.25, -0.2) is 0 Å². The Morgan fingerprint density at radius 1 is 0.933 bits per heavy atom. The number of esters is 1. The molecule has 1 saturated heterocycles. The molecule has 6 heteroatoms. The molecule has 0 aliphatic carbocycles. The van der Waals surface area contributed by atoms with Gasteiger partial charge in [-0.2, -0.15) is 11.8 Å². The molecule has 3 rings (SSSR count). The van der Waals surface area contributed by atoms with E-state index >= 15 is 0 Å². The molecule has 0 N–H and O–H groups in total. The van der Waals surface area contributed by atoms with Crippen LogP contribution in [0.4, 0.5) is 0 Å². The topological polar surface area (TPSA) is 44.8 Å². The molecule has 1 heterocycles. The molecule has 1 aliphatic heterocycles. The first-order valence-corrected chi connectivity index (χ1v) is 12.2. The van der Waals surface area contributed by atoms with Crippen LogP contribution in [-0.2, 0) is 21.0 Å². The Morgan fingerprint density at radius 3 is 2.00 bits per heavy atom. The third-order valence-electron chi connectivity index (χ3n) is 5.38. The minimum Gasteiger partial charge on any atom is -0.497 e. The minimum atomic E-state index is -0.134. The fourth-order valence-electron chi connectivity index (χ4n) is 3.33. The molecule has 1 fully saturated rings. The van der Waals surface area contributed by atoms with Crippen molar-refractivity contribution in [3.05, 3.63) is 59.7 Å². The van der Waals surface area contributed by atoms with Gasteiger partial charge >= 0.3 is 5.97 Å². The Kier molecular flexibility index (Phi) is 8.00. The lowest BCUT2D eigenvalue weighted by Crippen LogP contribution is -2.32. The fourth-order valence-corrected chi connectivity index (χ4v) is 5.49. The van der Waals surface area contributed by atoms with Gasteiger partial charge in [-0.05, 0) is 55.7 Å². The van der Waals surface area contributed by atoms with Crippen LogP contribution in [0, 0.1) is 5.92 Å². The predicted molar refractivity (Wildman–Crippen MR) is 126 cm³/mol. The monoisotopic (exact) mass is 446 g/mol. The van der Waals surface area contributed by atoms with Gasteiger partial charge in [0, 0.05) is 22.0 Å². The maximum atomic E-state index is 12.4. The largest absolute Gasteiger partial charge is 0.497 e. The van der Waals surface area contributed by atoms with Gasteiger partial charge in [0.1, 0.15) is 17.6 Å². The molecule has 0 aromatic heterocycles. The van der Waals surface area contributed by atoms with Gasteiger partial charge in [0.2, 0.25) is 0 Å². The van der Waals surface area contributed by atoms with E-state index < -0.39 is 0 Å². The molecule has 0 bridgehead atoms. The van der Waals surface area contributed by atoms with E-state index in [4.69, 9.17) is 14.2 Å². The lowest BCUT2D eigenvalue weighted by Gasteiger charge is -2.29. The first-order valence-electron chi connectivity index (χ1n) is 10.1. The van der Waals surface area contributed by atoms with Crippen molar-refractivity contribution in [2.45, 2.75) is 42.6 Å². The molecule has 2 unspecified atom stereocenters. The second kappa shape index (κ2) is 10.5. The van der Waals surface area contributed by atoms with Crippen LogP contribution >= 0.6 is 23.5 Å². The van der Waals surface area contributed by atoms with E-state index in [1.165, 1.54) is 11.1 Å². The predicted octanol–water partition coefficient (Wildman–Crippen LogP) is 5.58. The number of rotatable bonds is 10. The van der Waals surface area contributed by atoms with Crippen molar-refractivity contribution in [1.82, 2.24) is 0 Å². The summed E-state index contributed by atoms with van der Waals surface area (Å²) in [7, 11) is 3.34. The number of hydrogen-bond donors (Lipinski definition) is 0. The molecule has 0 saturated carbocycles. The van der Waals surface area contributed by atoms with Gasteiger partial charge < -0.3 is 14.2 Å². The van der Waals surface area contributed by atoms with Crippen LogP contribution in [0.5, 0.6) is 11.5 Å². The van der Waals surface area contributed by atoms with Crippen LogP contribution in [-0.4, -0.2) is 36.8 Å². The summed E-state index contributed by atoms with van der Waals surface area (Å²) in [5, 5.41) is 0. The van der Waals surface area contributed by atoms with Crippen molar-refractivity contribution in [2.75, 3.05) is 20.0 Å². The first-order chi connectivity index (χ1) is 14.4. The molecule has 2 atom stereocenters. The molecule has 2 aromatic carbocycles. The molecule has 30 heavy (non-hydrogen) atoms. The number of thioether (sulfide) groups is 2. The van der Waals surface area contributed by atoms with E-state index in [1.54, 1.807) is 26.0 Å². The van der Waals surface area contributed by atoms with Gasteiger partial charge in [0.25, 0.3) is 0 Å². The summed E-state index contributed by atoms with van der Waals surface area (Å²) < 4.78 is 16.1. The average Bonchev–Trinajstić information content (AvgIpc) is 3.14. The smallest absolute Gasteiger partial charge is 0.310 e. The van der Waals surface area contributed by atoms with Crippen molar-refractivity contribution in [2.24, 2.45) is 5.92 Å². The second-order valence-corrected chi connectivity index (χ2v) is 10.6. The number of benzene rings is 2. The second-order valence-electron chi connectivity index (χ2n) is 7.96. The zero-order valence-corrected chi connectivity index (χ0v) is 19.7. The molecule has 162 valence electrons. The van der Waals surface area contributed by atoms with Crippen LogP contribution in [0.25, 0.3) is 0 Å². The molecule has 0 amide bonds. The van der Waals surface area contributed by atoms with Crippen LogP contribution in [0.15, 0.2) is 48.5 Å². The van der Waals surface area contributed by atoms with Crippen LogP contribution < -0.4 is 9.47 Å². The maximum absolute atomic E-state index is 12.4. The van der Waals surface area contributed by atoms with Crippen molar-refractivity contribution in [3.63, 3.8) is 0 Å². The number of ether oxygens (including phenoxy) is 3. The molecule has 0 radical (unpaired) electrons. The third kappa shape index (κ3) is 6.11. The Labute approximate surface area is 188 Å². The van der Waals surface area contributed by atoms with Crippen molar-refractivity contribution in [1.29, 1.82) is 0 Å². The van der Waals surface area contributed by atoms with E-state index in [0.29, 0.717) is 0 Å². The summed E-state index contributed by atoms with van der Waals surface area (Å²) in [5.41, 5.74) is 2.48. The maximum Gasteiger partial charge on any atom is 0.310 e. The highest BCUT2D eigenvalue weighted by Crippen LogP contribution is 2.40. The van der Waals surface area contributed by atoms with Crippen LogP contribution in [0.3, 0.4) is 0 Å². The SMILES string of the molecule is COc1ccc(CSCC2CC(C(C)(C)SCc3ccc(OC)cc3)OC2=O)cc1. The van der Waals surface area contributed by atoms with E-state index in [1.807, 2.05) is 36.0 Å². The number of hydrogen-bond acceptors (Lipinski definition) is 6. The lowest BCUT2D eigenvalue weighted by molar-refractivity contribution is -0.144. The standard InChI is InChI=1S/C24H30O4S2/c1-24(2,30-15-18-7-11-21(27-4)12-8-18)22-13-19(23(25)28-22)16-29-14-17-5-9-20(26-3)10-6-17/h5-12,19,22H,13-16H2,1-4H3. The van der Waals surface area contributed by atoms with Gasteiger partial charge in [-0.3, -0.25) is 4.79 Å². The Balaban J connectivity index is 1.46. The Hall–Kier alpha value is -1.79. The Morgan fingerprint density at radius 2 is 1.47 bits per heavy atom. The Bertz CT molecular complexity index is 818. The minimum absolute atomic E-state index is 0.0286. The summed E-state index contributed by atoms with van der Waals surface area (Å²) in [4.78, 5) is 12.4. The van der Waals surface area contributed by atoms with E-state index in [-0.39, 0.29) is 22.7 Å². The molecule has 1 aliphatic rings. The highest BCUT2D eigenvalue weighted by Gasteiger charge is 2.43. The highest BCUT2D eigenvalue weighted by molar-refractivity contribution is 7.99. The van der Waals surface area contributed by atoms with Crippen LogP contribution in [0.2, 0.25) is 0 Å². The van der Waals surface area contributed by atoms with Gasteiger partial charge in [0.05, 0.1) is 20.1 Å². The number of carbonyl (C=O) groups excluding carboxylic acids is 1. The first kappa shape index (κ1) is 22.9. The third-order valence-corrected chi connectivity index (χ3v) is 8.04. The number of cyclic esters (lactones) is 1. The summed E-state index contributed by atoms with van der Waals surface area (Å²) in [6.07, 6.45) is 0.733. The van der Waals surface area contributed by atoms with Gasteiger partial charge in [-0.15, -0.1) is 11.8 Å². The zero-order chi connectivity index (χ0) is 21.6. The van der Waals surface area contributed by atoms with Gasteiger partial charge in [-0.1, -0.05) is 24.3 Å². The van der Waals surface area contributed by atoms with Crippen molar-refractivity contribution >= 4 is 29.5 Å². The summed E-state index contributed by atoms with van der Waals surface area (Å²) in [5.74, 6) is 4.19. The number of carbonyl (C=O) groups is 1. The number of methoxy groups -OCH3 is 2. The molecule has 4 nitrogen and oxygen atoms in total.